The Morgan fingerprint density at radius 1 is 1.25 bits per heavy atom. The van der Waals surface area contributed by atoms with E-state index in [-0.39, 0.29) is 36.4 Å². The Kier molecular flexibility index (Phi) is 3.83. The summed E-state index contributed by atoms with van der Waals surface area (Å²) in [6.45, 7) is -0.353. The van der Waals surface area contributed by atoms with Gasteiger partial charge in [-0.1, -0.05) is 15.9 Å². The molecule has 0 radical (unpaired) electrons. The van der Waals surface area contributed by atoms with E-state index in [4.69, 9.17) is 9.47 Å². The molecule has 0 aromatic heterocycles. The van der Waals surface area contributed by atoms with Crippen LogP contribution in [0, 0.1) is 23.7 Å². The van der Waals surface area contributed by atoms with Gasteiger partial charge in [-0.3, -0.25) is 14.4 Å². The molecule has 3 aliphatic rings. The van der Waals surface area contributed by atoms with E-state index >= 15 is 0 Å². The van der Waals surface area contributed by atoms with Crippen LogP contribution in [0.1, 0.15) is 12.8 Å². The predicted molar refractivity (Wildman–Crippen MR) is 86.8 cm³/mol. The number of esters is 2. The van der Waals surface area contributed by atoms with Gasteiger partial charge in [0.05, 0.1) is 11.8 Å². The van der Waals surface area contributed by atoms with Crippen molar-refractivity contribution in [2.24, 2.45) is 23.7 Å². The maximum atomic E-state index is 12.4. The highest BCUT2D eigenvalue weighted by Gasteiger charge is 2.64. The molecule has 2 bridgehead atoms. The molecule has 6 nitrogen and oxygen atoms in total. The Balaban J connectivity index is 1.33. The molecule has 1 amide bonds. The molecule has 0 unspecified atom stereocenters. The lowest BCUT2D eigenvalue weighted by molar-refractivity contribution is -0.157. The van der Waals surface area contributed by atoms with Crippen LogP contribution >= 0.6 is 15.9 Å². The molecule has 24 heavy (non-hydrogen) atoms. The summed E-state index contributed by atoms with van der Waals surface area (Å²) in [6.07, 6.45) is 1.56. The number of ether oxygens (including phenoxy) is 2. The van der Waals surface area contributed by atoms with Crippen LogP contribution in [-0.2, 0) is 23.9 Å². The van der Waals surface area contributed by atoms with Gasteiger partial charge in [-0.15, -0.1) is 0 Å². The number of carbonyl (C=O) groups is 3. The smallest absolute Gasteiger partial charge is 0.310 e. The summed E-state index contributed by atoms with van der Waals surface area (Å²) in [5.74, 6) is -1.70. The van der Waals surface area contributed by atoms with E-state index in [1.807, 2.05) is 0 Å². The van der Waals surface area contributed by atoms with Gasteiger partial charge in [-0.2, -0.15) is 0 Å². The number of hydrogen-bond donors (Lipinski definition) is 1. The monoisotopic (exact) mass is 393 g/mol. The highest BCUT2D eigenvalue weighted by Crippen LogP contribution is 2.57. The topological polar surface area (TPSA) is 81.7 Å². The van der Waals surface area contributed by atoms with Gasteiger partial charge in [0, 0.05) is 16.1 Å². The minimum absolute atomic E-state index is 0.0164. The van der Waals surface area contributed by atoms with Gasteiger partial charge in [-0.25, -0.2) is 0 Å². The first-order valence-corrected chi connectivity index (χ1v) is 8.75. The van der Waals surface area contributed by atoms with Crippen molar-refractivity contribution >= 4 is 39.5 Å². The van der Waals surface area contributed by atoms with E-state index in [2.05, 4.69) is 21.2 Å². The van der Waals surface area contributed by atoms with E-state index in [0.29, 0.717) is 5.69 Å². The fourth-order valence-electron chi connectivity index (χ4n) is 4.29. The summed E-state index contributed by atoms with van der Waals surface area (Å²) in [4.78, 5) is 36.2. The summed E-state index contributed by atoms with van der Waals surface area (Å²) in [5.41, 5.74) is 0.626. The average Bonchev–Trinajstić information content (AvgIpc) is 3.16. The molecular weight excluding hydrogens is 378 g/mol. The summed E-state index contributed by atoms with van der Waals surface area (Å²) in [5, 5.41) is 2.66. The van der Waals surface area contributed by atoms with Crippen molar-refractivity contribution in [1.82, 2.24) is 0 Å². The van der Waals surface area contributed by atoms with Crippen LogP contribution in [0.25, 0.3) is 0 Å². The fourth-order valence-corrected chi connectivity index (χ4v) is 4.55. The maximum Gasteiger partial charge on any atom is 0.310 e. The van der Waals surface area contributed by atoms with Crippen LogP contribution in [0.3, 0.4) is 0 Å². The van der Waals surface area contributed by atoms with Crippen molar-refractivity contribution in [3.63, 3.8) is 0 Å². The van der Waals surface area contributed by atoms with Crippen LogP contribution in [0.2, 0.25) is 0 Å². The van der Waals surface area contributed by atoms with Gasteiger partial charge in [0.15, 0.2) is 6.61 Å². The summed E-state index contributed by atoms with van der Waals surface area (Å²) >= 11 is 3.32. The fraction of sp³-hybridized carbons (Fsp3) is 0.471. The van der Waals surface area contributed by atoms with E-state index in [1.165, 1.54) is 0 Å². The first-order chi connectivity index (χ1) is 11.5. The number of hydrogen-bond acceptors (Lipinski definition) is 5. The largest absolute Gasteiger partial charge is 0.462 e. The SMILES string of the molecule is O=C(COC(=O)[C@H]1[C@@H]2C[C@H]3[C@@H]1C(=O)O[C@@H]3C2)Nc1ccc(Br)cc1. The van der Waals surface area contributed by atoms with Crippen LogP contribution in [0.15, 0.2) is 28.7 Å². The molecule has 2 aliphatic carbocycles. The summed E-state index contributed by atoms with van der Waals surface area (Å²) in [7, 11) is 0. The molecule has 7 heteroatoms. The Morgan fingerprint density at radius 3 is 2.75 bits per heavy atom. The van der Waals surface area contributed by atoms with Gasteiger partial charge in [0.25, 0.3) is 5.91 Å². The number of nitrogens with one attached hydrogen (secondary N) is 1. The van der Waals surface area contributed by atoms with Gasteiger partial charge in [0.2, 0.25) is 0 Å². The molecule has 4 rings (SSSR count). The molecule has 1 heterocycles. The number of halogens is 1. The highest BCUT2D eigenvalue weighted by atomic mass is 79.9. The second kappa shape index (κ2) is 5.88. The van der Waals surface area contributed by atoms with Crippen molar-refractivity contribution in [3.8, 4) is 0 Å². The Hall–Kier alpha value is -1.89. The molecule has 1 aromatic rings. The number of carbonyl (C=O) groups excluding carboxylic acids is 3. The van der Waals surface area contributed by atoms with E-state index in [1.54, 1.807) is 24.3 Å². The average molecular weight is 394 g/mol. The third-order valence-corrected chi connectivity index (χ3v) is 5.76. The zero-order valence-corrected chi connectivity index (χ0v) is 14.3. The van der Waals surface area contributed by atoms with Crippen LogP contribution in [0.4, 0.5) is 5.69 Å². The van der Waals surface area contributed by atoms with Gasteiger partial charge >= 0.3 is 11.9 Å². The van der Waals surface area contributed by atoms with E-state index in [0.717, 1.165) is 17.3 Å². The zero-order valence-electron chi connectivity index (χ0n) is 12.7. The number of rotatable bonds is 4. The van der Waals surface area contributed by atoms with E-state index < -0.39 is 17.8 Å². The second-order valence-corrected chi connectivity index (χ2v) is 7.50. The lowest BCUT2D eigenvalue weighted by Gasteiger charge is -2.22. The van der Waals surface area contributed by atoms with Crippen molar-refractivity contribution in [3.05, 3.63) is 28.7 Å². The Bertz CT molecular complexity index is 701. The molecule has 1 aliphatic heterocycles. The molecule has 5 atom stereocenters. The third kappa shape index (κ3) is 2.60. The molecule has 126 valence electrons. The normalized spacial score (nSPS) is 32.5. The number of amides is 1. The maximum absolute atomic E-state index is 12.4. The molecule has 1 aromatic carbocycles. The highest BCUT2D eigenvalue weighted by molar-refractivity contribution is 9.10. The lowest BCUT2D eigenvalue weighted by Crippen LogP contribution is -2.34. The van der Waals surface area contributed by atoms with Crippen molar-refractivity contribution < 1.29 is 23.9 Å². The van der Waals surface area contributed by atoms with Gasteiger partial charge < -0.3 is 14.8 Å². The minimum atomic E-state index is -0.462. The number of anilines is 1. The molecule has 1 saturated heterocycles. The van der Waals surface area contributed by atoms with Crippen molar-refractivity contribution in [2.75, 3.05) is 11.9 Å². The standard InChI is InChI=1S/C17H16BrNO5/c18-9-1-3-10(4-2-9)19-13(20)7-23-16(21)14-8-5-11-12(6-8)24-17(22)15(11)14/h1-4,8,11-12,14-15H,5-7H2,(H,19,20)/t8-,11-,12-,14+,15+/m1/s1. The lowest BCUT2D eigenvalue weighted by atomic mass is 9.80. The van der Waals surface area contributed by atoms with Crippen LogP contribution < -0.4 is 5.32 Å². The van der Waals surface area contributed by atoms with Crippen molar-refractivity contribution in [2.45, 2.75) is 18.9 Å². The van der Waals surface area contributed by atoms with E-state index in [9.17, 15) is 14.4 Å². The zero-order chi connectivity index (χ0) is 16.8. The summed E-state index contributed by atoms with van der Waals surface area (Å²) < 4.78 is 11.4. The second-order valence-electron chi connectivity index (χ2n) is 6.59. The molecule has 2 saturated carbocycles. The Labute approximate surface area is 147 Å². The summed E-state index contributed by atoms with van der Waals surface area (Å²) in [6, 6.07) is 7.10. The van der Waals surface area contributed by atoms with Crippen LogP contribution in [0.5, 0.6) is 0 Å². The molecule has 3 fully saturated rings. The Morgan fingerprint density at radius 2 is 2.00 bits per heavy atom. The molecular formula is C17H16BrNO5. The van der Waals surface area contributed by atoms with Crippen LogP contribution in [-0.4, -0.2) is 30.6 Å². The van der Waals surface area contributed by atoms with Gasteiger partial charge in [0.1, 0.15) is 6.10 Å². The predicted octanol–water partition coefficient (Wildman–Crippen LogP) is 2.13. The molecule has 1 N–H and O–H groups in total. The van der Waals surface area contributed by atoms with Gasteiger partial charge in [-0.05, 0) is 43.0 Å². The number of fused-ring (bicyclic) bond motifs is 1. The first-order valence-electron chi connectivity index (χ1n) is 7.95. The molecule has 0 spiro atoms. The first kappa shape index (κ1) is 15.6. The quantitative estimate of drug-likeness (QED) is 0.792. The van der Waals surface area contributed by atoms with Crippen molar-refractivity contribution in [1.29, 1.82) is 0 Å². The number of benzene rings is 1. The third-order valence-electron chi connectivity index (χ3n) is 5.23. The minimum Gasteiger partial charge on any atom is -0.462 e.